The number of imide groups is 1. The summed E-state index contributed by atoms with van der Waals surface area (Å²) in [6.07, 6.45) is 0.696. The van der Waals surface area contributed by atoms with Crippen LogP contribution in [0, 0.1) is 6.92 Å². The Morgan fingerprint density at radius 1 is 1.50 bits per heavy atom. The van der Waals surface area contributed by atoms with Gasteiger partial charge in [-0.3, -0.25) is 14.9 Å². The minimum atomic E-state index is -1.01. The minimum absolute atomic E-state index is 0.160. The number of methoxy groups -OCH3 is 1. The Hall–Kier alpha value is -2.04. The largest absolute Gasteiger partial charge is 0.383 e. The van der Waals surface area contributed by atoms with E-state index in [4.69, 9.17) is 10.5 Å². The highest BCUT2D eigenvalue weighted by Gasteiger charge is 2.44. The Balaban J connectivity index is 2.30. The molecule has 1 fully saturated rings. The van der Waals surface area contributed by atoms with E-state index in [0.717, 1.165) is 17.8 Å². The molecule has 1 aromatic rings. The number of carbonyl (C=O) groups is 3. The number of nitrogens with one attached hydrogen (secondary N) is 1. The highest BCUT2D eigenvalue weighted by atomic mass is 32.1. The molecular weight excluding hydrogens is 358 g/mol. The molecule has 2 unspecified atom stereocenters. The number of aryl methyl sites for hydroxylation is 1. The molecule has 0 aliphatic carbocycles. The summed E-state index contributed by atoms with van der Waals surface area (Å²) in [6.45, 7) is 4.59. The van der Waals surface area contributed by atoms with Gasteiger partial charge in [0.25, 0.3) is 11.8 Å². The maximum absolute atomic E-state index is 12.9. The van der Waals surface area contributed by atoms with E-state index in [1.807, 2.05) is 6.92 Å². The molecule has 4 amide bonds. The molecule has 0 spiro atoms. The fourth-order valence-electron chi connectivity index (χ4n) is 2.78. The predicted octanol–water partition coefficient (Wildman–Crippen LogP) is 0.545. The van der Waals surface area contributed by atoms with E-state index in [2.05, 4.69) is 10.3 Å². The topological polar surface area (TPSA) is 118 Å². The van der Waals surface area contributed by atoms with Gasteiger partial charge < -0.3 is 20.3 Å². The third kappa shape index (κ3) is 4.37. The number of unbranched alkanes of at least 4 members (excludes halogenated alkanes) is 1. The van der Waals surface area contributed by atoms with E-state index in [1.54, 1.807) is 12.3 Å². The normalized spacial score (nSPS) is 20.2. The Morgan fingerprint density at radius 3 is 2.81 bits per heavy atom. The number of carbonyl (C=O) groups excluding carboxylic acids is 3. The van der Waals surface area contributed by atoms with E-state index in [0.29, 0.717) is 6.54 Å². The predicted molar refractivity (Wildman–Crippen MR) is 96.7 cm³/mol. The van der Waals surface area contributed by atoms with Gasteiger partial charge in [0.2, 0.25) is 0 Å². The number of amides is 4. The van der Waals surface area contributed by atoms with Crippen molar-refractivity contribution in [2.24, 2.45) is 5.73 Å². The lowest BCUT2D eigenvalue weighted by molar-refractivity contribution is -0.129. The van der Waals surface area contributed by atoms with Crippen molar-refractivity contribution >= 4 is 29.2 Å². The van der Waals surface area contributed by atoms with Crippen LogP contribution in [0.1, 0.15) is 35.3 Å². The summed E-state index contributed by atoms with van der Waals surface area (Å²) in [6, 6.07) is -1.54. The number of urea groups is 1. The van der Waals surface area contributed by atoms with Gasteiger partial charge in [0, 0.05) is 25.6 Å². The fourth-order valence-corrected chi connectivity index (χ4v) is 3.37. The molecule has 0 saturated carbocycles. The van der Waals surface area contributed by atoms with Gasteiger partial charge in [-0.25, -0.2) is 9.78 Å². The van der Waals surface area contributed by atoms with Crippen molar-refractivity contribution in [1.82, 2.24) is 20.1 Å². The van der Waals surface area contributed by atoms with Gasteiger partial charge in [-0.2, -0.15) is 0 Å². The Kier molecular flexibility index (Phi) is 7.06. The van der Waals surface area contributed by atoms with Crippen LogP contribution in [0.2, 0.25) is 0 Å². The average molecular weight is 383 g/mol. The van der Waals surface area contributed by atoms with Crippen molar-refractivity contribution in [2.45, 2.75) is 38.9 Å². The molecule has 1 saturated heterocycles. The maximum atomic E-state index is 12.9. The number of aromatic nitrogens is 1. The molecule has 0 aromatic carbocycles. The zero-order valence-corrected chi connectivity index (χ0v) is 16.0. The number of rotatable bonds is 8. The van der Waals surface area contributed by atoms with Crippen LogP contribution in [-0.4, -0.2) is 71.6 Å². The van der Waals surface area contributed by atoms with Crippen LogP contribution < -0.4 is 11.1 Å². The average Bonchev–Trinajstić information content (AvgIpc) is 3.03. The summed E-state index contributed by atoms with van der Waals surface area (Å²) in [4.78, 5) is 44.5. The number of nitrogens with zero attached hydrogens (tertiary/aromatic N) is 3. The van der Waals surface area contributed by atoms with E-state index in [-0.39, 0.29) is 18.8 Å². The van der Waals surface area contributed by atoms with Gasteiger partial charge in [-0.1, -0.05) is 13.3 Å². The Bertz CT molecular complexity index is 665. The first-order valence-electron chi connectivity index (χ1n) is 8.49. The van der Waals surface area contributed by atoms with Gasteiger partial charge in [0.05, 0.1) is 11.6 Å². The fraction of sp³-hybridized carbons (Fsp3) is 0.625. The zero-order chi connectivity index (χ0) is 19.3. The van der Waals surface area contributed by atoms with Crippen LogP contribution in [0.3, 0.4) is 0 Å². The Morgan fingerprint density at radius 2 is 2.23 bits per heavy atom. The molecule has 2 atom stereocenters. The monoisotopic (exact) mass is 383 g/mol. The molecule has 2 heterocycles. The highest BCUT2D eigenvalue weighted by molar-refractivity contribution is 7.09. The van der Waals surface area contributed by atoms with Crippen molar-refractivity contribution in [2.75, 3.05) is 26.8 Å². The molecule has 3 N–H and O–H groups in total. The molecule has 144 valence electrons. The molecule has 0 radical (unpaired) electrons. The lowest BCUT2D eigenvalue weighted by Gasteiger charge is -2.42. The first-order valence-corrected chi connectivity index (χ1v) is 9.37. The van der Waals surface area contributed by atoms with E-state index in [1.165, 1.54) is 28.2 Å². The second kappa shape index (κ2) is 9.06. The lowest BCUT2D eigenvalue weighted by Crippen LogP contribution is -2.71. The van der Waals surface area contributed by atoms with Crippen LogP contribution >= 0.6 is 11.3 Å². The molecule has 1 aromatic heterocycles. The van der Waals surface area contributed by atoms with Crippen LogP contribution in [-0.2, 0) is 9.53 Å². The minimum Gasteiger partial charge on any atom is -0.383 e. The number of hydrogen-bond donors (Lipinski definition) is 2. The van der Waals surface area contributed by atoms with Crippen molar-refractivity contribution in [3.05, 3.63) is 16.1 Å². The number of hydrogen-bond acceptors (Lipinski definition) is 7. The standard InChI is InChI=1S/C16H25N5O4S/c1-4-5-6-21-13(17)12(14(22)19-16(21)24)20(7-8-25-3)15(23)11-9-26-10(2)18-11/h9,12-13H,4-8,17H2,1-3H3,(H,19,22,24). The smallest absolute Gasteiger partial charge is 0.325 e. The number of ether oxygens (including phenoxy) is 1. The molecule has 10 heteroatoms. The maximum Gasteiger partial charge on any atom is 0.325 e. The van der Waals surface area contributed by atoms with Crippen LogP contribution in [0.5, 0.6) is 0 Å². The van der Waals surface area contributed by atoms with Gasteiger partial charge in [-0.05, 0) is 13.3 Å². The molecule has 1 aliphatic rings. The molecule has 9 nitrogen and oxygen atoms in total. The SMILES string of the molecule is CCCCN1C(=O)NC(=O)C(N(CCOC)C(=O)c2csc(C)n2)C1N. The van der Waals surface area contributed by atoms with Gasteiger partial charge in [-0.15, -0.1) is 11.3 Å². The van der Waals surface area contributed by atoms with Crippen molar-refractivity contribution < 1.29 is 19.1 Å². The third-order valence-electron chi connectivity index (χ3n) is 4.17. The molecular formula is C16H25N5O4S. The van der Waals surface area contributed by atoms with Crippen LogP contribution in [0.25, 0.3) is 0 Å². The second-order valence-electron chi connectivity index (χ2n) is 6.02. The molecule has 26 heavy (non-hydrogen) atoms. The second-order valence-corrected chi connectivity index (χ2v) is 7.08. The summed E-state index contributed by atoms with van der Waals surface area (Å²) in [5.74, 6) is -1.00. The summed E-state index contributed by atoms with van der Waals surface area (Å²) in [7, 11) is 1.51. The van der Waals surface area contributed by atoms with E-state index < -0.39 is 30.1 Å². The van der Waals surface area contributed by atoms with Crippen molar-refractivity contribution in [1.29, 1.82) is 0 Å². The van der Waals surface area contributed by atoms with Crippen molar-refractivity contribution in [3.63, 3.8) is 0 Å². The van der Waals surface area contributed by atoms with Crippen LogP contribution in [0.4, 0.5) is 4.79 Å². The quantitative estimate of drug-likeness (QED) is 0.677. The first-order chi connectivity index (χ1) is 12.4. The third-order valence-corrected chi connectivity index (χ3v) is 4.94. The Labute approximate surface area is 156 Å². The van der Waals surface area contributed by atoms with E-state index >= 15 is 0 Å². The summed E-state index contributed by atoms with van der Waals surface area (Å²) in [5, 5.41) is 4.69. The highest BCUT2D eigenvalue weighted by Crippen LogP contribution is 2.18. The zero-order valence-electron chi connectivity index (χ0n) is 15.2. The summed E-state index contributed by atoms with van der Waals surface area (Å²) < 4.78 is 5.07. The molecule has 0 bridgehead atoms. The van der Waals surface area contributed by atoms with Gasteiger partial charge >= 0.3 is 6.03 Å². The lowest BCUT2D eigenvalue weighted by atomic mass is 10.1. The van der Waals surface area contributed by atoms with E-state index in [9.17, 15) is 14.4 Å². The number of thiazole rings is 1. The van der Waals surface area contributed by atoms with Gasteiger partial charge in [0.1, 0.15) is 17.9 Å². The molecule has 2 rings (SSSR count). The van der Waals surface area contributed by atoms with Gasteiger partial charge in [0.15, 0.2) is 0 Å². The van der Waals surface area contributed by atoms with Crippen molar-refractivity contribution in [3.8, 4) is 0 Å². The summed E-state index contributed by atoms with van der Waals surface area (Å²) >= 11 is 1.35. The summed E-state index contributed by atoms with van der Waals surface area (Å²) in [5.41, 5.74) is 6.48. The number of nitrogens with two attached hydrogens (primary N) is 1. The van der Waals surface area contributed by atoms with Crippen LogP contribution in [0.15, 0.2) is 5.38 Å². The molecule has 1 aliphatic heterocycles. The first kappa shape index (κ1) is 20.3.